The van der Waals surface area contributed by atoms with E-state index in [-0.39, 0.29) is 18.3 Å². The van der Waals surface area contributed by atoms with E-state index in [1.807, 2.05) is 18.2 Å². The van der Waals surface area contributed by atoms with Crippen LogP contribution in [0, 0.1) is 0 Å². The Morgan fingerprint density at radius 2 is 1.94 bits per heavy atom. The number of likely N-dealkylation sites (N-methyl/N-ethyl adjacent to an activating group) is 1. The molecule has 0 aliphatic heterocycles. The summed E-state index contributed by atoms with van der Waals surface area (Å²) in [6, 6.07) is 10.4. The zero-order valence-electron chi connectivity index (χ0n) is 11.1. The van der Waals surface area contributed by atoms with Crippen molar-refractivity contribution in [2.24, 2.45) is 0 Å². The first-order valence-electron chi connectivity index (χ1n) is 6.26. The molecular weight excluding hydrogens is 248 g/mol. The van der Waals surface area contributed by atoms with E-state index < -0.39 is 0 Å². The lowest BCUT2D eigenvalue weighted by Crippen LogP contribution is -2.38. The Labute approximate surface area is 116 Å². The minimum absolute atomic E-state index is 0. The summed E-state index contributed by atoms with van der Waals surface area (Å²) in [7, 11) is 0. The molecule has 0 aliphatic carbocycles. The Hall–Kier alpha value is -1.06. The van der Waals surface area contributed by atoms with Gasteiger partial charge in [-0.3, -0.25) is 4.79 Å². The van der Waals surface area contributed by atoms with Gasteiger partial charge in [0, 0.05) is 19.0 Å². The van der Waals surface area contributed by atoms with Crippen LogP contribution in [0.15, 0.2) is 30.3 Å². The molecule has 2 N–H and O–H groups in total. The molecule has 0 saturated heterocycles. The molecule has 0 aromatic heterocycles. The molecule has 3 nitrogen and oxygen atoms in total. The molecule has 0 unspecified atom stereocenters. The minimum atomic E-state index is 0. The normalized spacial score (nSPS) is 11.4. The fourth-order valence-corrected chi connectivity index (χ4v) is 1.68. The number of nitrogens with one attached hydrogen (secondary N) is 2. The van der Waals surface area contributed by atoms with E-state index in [0.29, 0.717) is 19.0 Å². The van der Waals surface area contributed by atoms with E-state index in [2.05, 4.69) is 36.6 Å². The van der Waals surface area contributed by atoms with Crippen LogP contribution in [0.2, 0.25) is 0 Å². The average molecular weight is 271 g/mol. The van der Waals surface area contributed by atoms with Crippen LogP contribution in [0.25, 0.3) is 0 Å². The van der Waals surface area contributed by atoms with Gasteiger partial charge in [0.2, 0.25) is 5.91 Å². The van der Waals surface area contributed by atoms with Crippen LogP contribution in [-0.4, -0.2) is 25.0 Å². The number of rotatable bonds is 7. The third-order valence-corrected chi connectivity index (χ3v) is 2.64. The molecule has 0 fully saturated rings. The van der Waals surface area contributed by atoms with Crippen molar-refractivity contribution in [1.29, 1.82) is 0 Å². The van der Waals surface area contributed by atoms with Gasteiger partial charge in [0.25, 0.3) is 0 Å². The van der Waals surface area contributed by atoms with Crippen molar-refractivity contribution in [2.75, 3.05) is 13.1 Å². The summed E-state index contributed by atoms with van der Waals surface area (Å²) < 4.78 is 0. The molecule has 0 spiro atoms. The highest BCUT2D eigenvalue weighted by molar-refractivity contribution is 5.85. The van der Waals surface area contributed by atoms with Gasteiger partial charge in [0.05, 0.1) is 0 Å². The van der Waals surface area contributed by atoms with Crippen LogP contribution in [0.4, 0.5) is 0 Å². The summed E-state index contributed by atoms with van der Waals surface area (Å²) in [6.45, 7) is 5.76. The Morgan fingerprint density at radius 3 is 2.56 bits per heavy atom. The number of carbonyl (C=O) groups excluding carboxylic acids is 1. The van der Waals surface area contributed by atoms with Crippen LogP contribution in [0.3, 0.4) is 0 Å². The Morgan fingerprint density at radius 1 is 1.28 bits per heavy atom. The number of hydrogen-bond donors (Lipinski definition) is 2. The molecular formula is C14H23ClN2O. The van der Waals surface area contributed by atoms with Crippen LogP contribution in [-0.2, 0) is 11.2 Å². The monoisotopic (exact) mass is 270 g/mol. The lowest BCUT2D eigenvalue weighted by molar-refractivity contribution is -0.121. The van der Waals surface area contributed by atoms with E-state index in [0.717, 1.165) is 13.0 Å². The Bertz CT molecular complexity index is 330. The van der Waals surface area contributed by atoms with Gasteiger partial charge >= 0.3 is 0 Å². The molecule has 1 rings (SSSR count). The van der Waals surface area contributed by atoms with Gasteiger partial charge in [-0.15, -0.1) is 12.4 Å². The first-order valence-corrected chi connectivity index (χ1v) is 6.26. The fourth-order valence-electron chi connectivity index (χ4n) is 1.68. The molecule has 0 saturated carbocycles. The number of hydrogen-bond acceptors (Lipinski definition) is 2. The van der Waals surface area contributed by atoms with Gasteiger partial charge < -0.3 is 10.6 Å². The van der Waals surface area contributed by atoms with Gasteiger partial charge in [0.15, 0.2) is 0 Å². The predicted octanol–water partition coefficient (Wildman–Crippen LogP) is 2.16. The van der Waals surface area contributed by atoms with Crippen molar-refractivity contribution in [3.8, 4) is 0 Å². The number of halogens is 1. The summed E-state index contributed by atoms with van der Waals surface area (Å²) >= 11 is 0. The topological polar surface area (TPSA) is 41.1 Å². The minimum Gasteiger partial charge on any atom is -0.355 e. The fraction of sp³-hybridized carbons (Fsp3) is 0.500. The van der Waals surface area contributed by atoms with Gasteiger partial charge in [-0.2, -0.15) is 0 Å². The second-order valence-corrected chi connectivity index (χ2v) is 4.25. The standard InChI is InChI=1S/C14H22N2O.ClH/c1-3-15-12(2)11-16-14(17)10-9-13-7-5-4-6-8-13;/h4-8,12,15H,3,9-11H2,1-2H3,(H,16,17);1H/t12-;/m1./s1. The second-order valence-electron chi connectivity index (χ2n) is 4.25. The number of carbonyl (C=O) groups is 1. The summed E-state index contributed by atoms with van der Waals surface area (Å²) in [5.74, 6) is 0.124. The maximum atomic E-state index is 11.6. The zero-order valence-corrected chi connectivity index (χ0v) is 11.9. The van der Waals surface area contributed by atoms with Crippen LogP contribution in [0.1, 0.15) is 25.8 Å². The molecule has 0 radical (unpaired) electrons. The average Bonchev–Trinajstić information content (AvgIpc) is 2.35. The molecule has 1 atom stereocenters. The lowest BCUT2D eigenvalue weighted by Gasteiger charge is -2.13. The summed E-state index contributed by atoms with van der Waals surface area (Å²) in [5.41, 5.74) is 1.21. The van der Waals surface area contributed by atoms with Crippen molar-refractivity contribution in [3.63, 3.8) is 0 Å². The molecule has 1 aromatic carbocycles. The first-order chi connectivity index (χ1) is 8.22. The molecule has 102 valence electrons. The largest absolute Gasteiger partial charge is 0.355 e. The molecule has 18 heavy (non-hydrogen) atoms. The SMILES string of the molecule is CCN[C@H](C)CNC(=O)CCc1ccccc1.Cl. The van der Waals surface area contributed by atoms with Crippen molar-refractivity contribution in [2.45, 2.75) is 32.7 Å². The molecule has 0 aliphatic rings. The molecule has 0 heterocycles. The summed E-state index contributed by atoms with van der Waals surface area (Å²) in [5, 5.41) is 6.20. The number of aryl methyl sites for hydroxylation is 1. The Balaban J connectivity index is 0.00000289. The summed E-state index contributed by atoms with van der Waals surface area (Å²) in [6.07, 6.45) is 1.37. The Kier molecular flexibility index (Phi) is 9.33. The third kappa shape index (κ3) is 7.30. The quantitative estimate of drug-likeness (QED) is 0.797. The molecule has 1 aromatic rings. The highest BCUT2D eigenvalue weighted by Gasteiger charge is 2.04. The van der Waals surface area contributed by atoms with Crippen molar-refractivity contribution in [3.05, 3.63) is 35.9 Å². The zero-order chi connectivity index (χ0) is 12.5. The van der Waals surface area contributed by atoms with Crippen LogP contribution in [0.5, 0.6) is 0 Å². The highest BCUT2D eigenvalue weighted by Crippen LogP contribution is 2.01. The maximum Gasteiger partial charge on any atom is 0.220 e. The summed E-state index contributed by atoms with van der Waals surface area (Å²) in [4.78, 5) is 11.6. The van der Waals surface area contributed by atoms with Gasteiger partial charge in [-0.05, 0) is 25.5 Å². The van der Waals surface area contributed by atoms with E-state index in [1.165, 1.54) is 5.56 Å². The van der Waals surface area contributed by atoms with E-state index in [9.17, 15) is 4.79 Å². The van der Waals surface area contributed by atoms with Gasteiger partial charge in [0.1, 0.15) is 0 Å². The first kappa shape index (κ1) is 16.9. The molecule has 1 amide bonds. The van der Waals surface area contributed by atoms with E-state index in [1.54, 1.807) is 0 Å². The van der Waals surface area contributed by atoms with Crippen molar-refractivity contribution >= 4 is 18.3 Å². The highest BCUT2D eigenvalue weighted by atomic mass is 35.5. The predicted molar refractivity (Wildman–Crippen MR) is 78.2 cm³/mol. The second kappa shape index (κ2) is 9.92. The van der Waals surface area contributed by atoms with Crippen LogP contribution >= 0.6 is 12.4 Å². The maximum absolute atomic E-state index is 11.6. The number of amides is 1. The van der Waals surface area contributed by atoms with E-state index in [4.69, 9.17) is 0 Å². The van der Waals surface area contributed by atoms with Gasteiger partial charge in [-0.25, -0.2) is 0 Å². The smallest absolute Gasteiger partial charge is 0.220 e. The van der Waals surface area contributed by atoms with Crippen molar-refractivity contribution < 1.29 is 4.79 Å². The van der Waals surface area contributed by atoms with Crippen molar-refractivity contribution in [1.82, 2.24) is 10.6 Å². The molecule has 0 bridgehead atoms. The van der Waals surface area contributed by atoms with Gasteiger partial charge in [-0.1, -0.05) is 37.3 Å². The number of benzene rings is 1. The third-order valence-electron chi connectivity index (χ3n) is 2.64. The van der Waals surface area contributed by atoms with E-state index >= 15 is 0 Å². The van der Waals surface area contributed by atoms with Crippen LogP contribution < -0.4 is 10.6 Å². The molecule has 4 heteroatoms. The lowest BCUT2D eigenvalue weighted by atomic mass is 10.1.